The third-order valence-electron chi connectivity index (χ3n) is 5.01. The summed E-state index contributed by atoms with van der Waals surface area (Å²) in [6.45, 7) is 4.63. The summed E-state index contributed by atoms with van der Waals surface area (Å²) in [5, 5.41) is 0. The number of ketones is 1. The van der Waals surface area contributed by atoms with Gasteiger partial charge in [0.15, 0.2) is 11.6 Å². The van der Waals surface area contributed by atoms with Crippen molar-refractivity contribution in [2.24, 2.45) is 0 Å². The quantitative estimate of drug-likeness (QED) is 0.675. The summed E-state index contributed by atoms with van der Waals surface area (Å²) in [4.78, 5) is 19.2. The van der Waals surface area contributed by atoms with Gasteiger partial charge in [-0.2, -0.15) is 0 Å². The Balaban J connectivity index is 1.64. The topological polar surface area (TPSA) is 38.1 Å². The average Bonchev–Trinajstić information content (AvgIpc) is 3.03. The molecule has 0 spiro atoms. The van der Waals surface area contributed by atoms with E-state index in [9.17, 15) is 4.79 Å². The first-order chi connectivity index (χ1) is 12.2. The van der Waals surface area contributed by atoms with Gasteiger partial charge in [-0.05, 0) is 37.1 Å². The molecule has 0 N–H and O–H groups in total. The fourth-order valence-corrected chi connectivity index (χ4v) is 3.89. The highest BCUT2D eigenvalue weighted by atomic mass is 16.1. The standard InChI is InChI=1S/C21H23N3O/c1-16(25)21-22-19-11-5-6-12-20(19)24(21)18-10-7-13-23(15-18)14-17-8-3-2-4-9-17/h2-6,8-9,11-12,18H,7,10,13-15H2,1H3/t18-/m0/s1. The summed E-state index contributed by atoms with van der Waals surface area (Å²) in [6.07, 6.45) is 2.23. The average molecular weight is 333 g/mol. The van der Waals surface area contributed by atoms with Gasteiger partial charge in [0.25, 0.3) is 0 Å². The Morgan fingerprint density at radius 2 is 1.88 bits per heavy atom. The number of Topliss-reactive ketones (excluding diaryl/α,β-unsaturated/α-hetero) is 1. The lowest BCUT2D eigenvalue weighted by Crippen LogP contribution is -2.36. The summed E-state index contributed by atoms with van der Waals surface area (Å²) in [7, 11) is 0. The monoisotopic (exact) mass is 333 g/mol. The molecule has 3 aromatic rings. The van der Waals surface area contributed by atoms with Crippen LogP contribution in [0.4, 0.5) is 0 Å². The van der Waals surface area contributed by atoms with Crippen molar-refractivity contribution in [2.45, 2.75) is 32.4 Å². The summed E-state index contributed by atoms with van der Waals surface area (Å²) in [6, 6.07) is 19.0. The molecule has 4 nitrogen and oxygen atoms in total. The van der Waals surface area contributed by atoms with Crippen LogP contribution in [0.5, 0.6) is 0 Å². The Hall–Kier alpha value is -2.46. The van der Waals surface area contributed by atoms with E-state index in [1.165, 1.54) is 5.56 Å². The molecule has 0 amide bonds. The van der Waals surface area contributed by atoms with E-state index in [1.54, 1.807) is 6.92 Å². The maximum atomic E-state index is 12.2. The van der Waals surface area contributed by atoms with Crippen LogP contribution in [0, 0.1) is 0 Å². The Bertz CT molecular complexity index is 885. The molecule has 1 saturated heterocycles. The third-order valence-corrected chi connectivity index (χ3v) is 5.01. The van der Waals surface area contributed by atoms with Crippen molar-refractivity contribution >= 4 is 16.8 Å². The number of carbonyl (C=O) groups is 1. The summed E-state index contributed by atoms with van der Waals surface area (Å²) in [5.41, 5.74) is 3.32. The summed E-state index contributed by atoms with van der Waals surface area (Å²) < 4.78 is 2.18. The van der Waals surface area contributed by atoms with E-state index in [0.717, 1.165) is 43.5 Å². The van der Waals surface area contributed by atoms with Crippen molar-refractivity contribution in [3.63, 3.8) is 0 Å². The highest BCUT2D eigenvalue weighted by Crippen LogP contribution is 2.29. The number of carbonyl (C=O) groups excluding carboxylic acids is 1. The van der Waals surface area contributed by atoms with E-state index in [2.05, 4.69) is 50.8 Å². The fourth-order valence-electron chi connectivity index (χ4n) is 3.89. The number of hydrogen-bond donors (Lipinski definition) is 0. The molecular weight excluding hydrogens is 310 g/mol. The lowest BCUT2D eigenvalue weighted by Gasteiger charge is -2.34. The predicted octanol–water partition coefficient (Wildman–Crippen LogP) is 4.08. The number of hydrogen-bond acceptors (Lipinski definition) is 3. The van der Waals surface area contributed by atoms with Crippen molar-refractivity contribution in [3.05, 3.63) is 66.0 Å². The van der Waals surface area contributed by atoms with Gasteiger partial charge in [-0.1, -0.05) is 42.5 Å². The number of benzene rings is 2. The van der Waals surface area contributed by atoms with Crippen molar-refractivity contribution in [1.82, 2.24) is 14.5 Å². The van der Waals surface area contributed by atoms with Crippen LogP contribution >= 0.6 is 0 Å². The SMILES string of the molecule is CC(=O)c1nc2ccccc2n1[C@H]1CCCN(Cc2ccccc2)C1. The molecule has 25 heavy (non-hydrogen) atoms. The van der Waals surface area contributed by atoms with Gasteiger partial charge >= 0.3 is 0 Å². The van der Waals surface area contributed by atoms with Gasteiger partial charge in [-0.15, -0.1) is 0 Å². The molecule has 4 rings (SSSR count). The summed E-state index contributed by atoms with van der Waals surface area (Å²) in [5.74, 6) is 0.629. The van der Waals surface area contributed by atoms with Crippen LogP contribution in [-0.4, -0.2) is 33.3 Å². The molecule has 1 aliphatic rings. The molecule has 4 heteroatoms. The molecule has 0 saturated carbocycles. The van der Waals surface area contributed by atoms with Gasteiger partial charge in [0.1, 0.15) is 0 Å². The second-order valence-corrected chi connectivity index (χ2v) is 6.87. The minimum Gasteiger partial charge on any atom is -0.317 e. The Labute approximate surface area is 148 Å². The number of likely N-dealkylation sites (tertiary alicyclic amines) is 1. The highest BCUT2D eigenvalue weighted by molar-refractivity contribution is 5.94. The van der Waals surface area contributed by atoms with Crippen molar-refractivity contribution in [3.8, 4) is 0 Å². The molecule has 0 bridgehead atoms. The Morgan fingerprint density at radius 3 is 2.68 bits per heavy atom. The largest absolute Gasteiger partial charge is 0.317 e. The van der Waals surface area contributed by atoms with Crippen molar-refractivity contribution < 1.29 is 4.79 Å². The van der Waals surface area contributed by atoms with E-state index in [0.29, 0.717) is 11.9 Å². The van der Waals surface area contributed by atoms with E-state index >= 15 is 0 Å². The number of imidazole rings is 1. The Morgan fingerprint density at radius 1 is 1.12 bits per heavy atom. The normalized spacial score (nSPS) is 18.5. The third kappa shape index (κ3) is 3.22. The van der Waals surface area contributed by atoms with Crippen LogP contribution < -0.4 is 0 Å². The molecule has 2 aromatic carbocycles. The second-order valence-electron chi connectivity index (χ2n) is 6.87. The van der Waals surface area contributed by atoms with Crippen LogP contribution in [0.2, 0.25) is 0 Å². The van der Waals surface area contributed by atoms with Gasteiger partial charge < -0.3 is 4.57 Å². The second kappa shape index (κ2) is 6.81. The van der Waals surface area contributed by atoms with Crippen LogP contribution in [0.1, 0.15) is 42.0 Å². The molecule has 1 aromatic heterocycles. The maximum Gasteiger partial charge on any atom is 0.195 e. The molecule has 2 heterocycles. The van der Waals surface area contributed by atoms with Crippen LogP contribution in [0.25, 0.3) is 11.0 Å². The zero-order valence-corrected chi connectivity index (χ0v) is 14.6. The van der Waals surface area contributed by atoms with E-state index in [1.807, 2.05) is 18.2 Å². The zero-order valence-electron chi connectivity index (χ0n) is 14.6. The number of rotatable bonds is 4. The molecule has 0 radical (unpaired) electrons. The van der Waals surface area contributed by atoms with E-state index < -0.39 is 0 Å². The minimum atomic E-state index is 0.0383. The molecular formula is C21H23N3O. The lowest BCUT2D eigenvalue weighted by molar-refractivity contribution is 0.0990. The van der Waals surface area contributed by atoms with Gasteiger partial charge in [-0.25, -0.2) is 4.98 Å². The molecule has 128 valence electrons. The first-order valence-corrected chi connectivity index (χ1v) is 8.96. The van der Waals surface area contributed by atoms with Crippen LogP contribution in [-0.2, 0) is 6.54 Å². The van der Waals surface area contributed by atoms with E-state index in [-0.39, 0.29) is 5.78 Å². The van der Waals surface area contributed by atoms with Crippen molar-refractivity contribution in [2.75, 3.05) is 13.1 Å². The van der Waals surface area contributed by atoms with Gasteiger partial charge in [0.05, 0.1) is 11.0 Å². The molecule has 0 unspecified atom stereocenters. The lowest BCUT2D eigenvalue weighted by atomic mass is 10.0. The minimum absolute atomic E-state index is 0.0383. The summed E-state index contributed by atoms with van der Waals surface area (Å²) >= 11 is 0. The molecule has 1 atom stereocenters. The first kappa shape index (κ1) is 16.0. The molecule has 1 aliphatic heterocycles. The van der Waals surface area contributed by atoms with Gasteiger partial charge in [-0.3, -0.25) is 9.69 Å². The number of piperidine rings is 1. The smallest absolute Gasteiger partial charge is 0.195 e. The van der Waals surface area contributed by atoms with Crippen LogP contribution in [0.3, 0.4) is 0 Å². The zero-order chi connectivity index (χ0) is 17.2. The fraction of sp³-hybridized carbons (Fsp3) is 0.333. The van der Waals surface area contributed by atoms with E-state index in [4.69, 9.17) is 0 Å². The van der Waals surface area contributed by atoms with Gasteiger partial charge in [0.2, 0.25) is 0 Å². The maximum absolute atomic E-state index is 12.2. The highest BCUT2D eigenvalue weighted by Gasteiger charge is 2.26. The predicted molar refractivity (Wildman–Crippen MR) is 99.7 cm³/mol. The van der Waals surface area contributed by atoms with Crippen molar-refractivity contribution in [1.29, 1.82) is 0 Å². The number of aromatic nitrogens is 2. The first-order valence-electron chi connectivity index (χ1n) is 8.96. The molecule has 0 aliphatic carbocycles. The van der Waals surface area contributed by atoms with Crippen LogP contribution in [0.15, 0.2) is 54.6 Å². The van der Waals surface area contributed by atoms with Gasteiger partial charge in [0, 0.05) is 26.1 Å². The molecule has 1 fully saturated rings. The number of fused-ring (bicyclic) bond motifs is 1. The Kier molecular flexibility index (Phi) is 4.36. The number of nitrogens with zero attached hydrogens (tertiary/aromatic N) is 3. The number of para-hydroxylation sites is 2.